The van der Waals surface area contributed by atoms with E-state index in [9.17, 15) is 0 Å². The number of rotatable bonds is 6. The molecule has 0 saturated heterocycles. The van der Waals surface area contributed by atoms with Crippen LogP contribution in [0.4, 0.5) is 34.1 Å². The molecule has 0 atom stereocenters. The highest BCUT2D eigenvalue weighted by molar-refractivity contribution is 7.26. The van der Waals surface area contributed by atoms with Crippen molar-refractivity contribution >= 4 is 130 Å². The van der Waals surface area contributed by atoms with Gasteiger partial charge in [0.15, 0.2) is 0 Å². The van der Waals surface area contributed by atoms with Crippen molar-refractivity contribution in [2.75, 3.05) is 9.80 Å². The van der Waals surface area contributed by atoms with Crippen LogP contribution in [0.2, 0.25) is 0 Å². The van der Waals surface area contributed by atoms with E-state index in [1.807, 2.05) is 28.7 Å². The van der Waals surface area contributed by atoms with Crippen LogP contribution in [0.3, 0.4) is 0 Å². The first-order valence-corrected chi connectivity index (χ1v) is 20.8. The number of nitrogens with zero attached hydrogens (tertiary/aromatic N) is 2. The summed E-state index contributed by atoms with van der Waals surface area (Å²) >= 11 is 3.71. The van der Waals surface area contributed by atoms with Crippen molar-refractivity contribution in [2.24, 2.45) is 0 Å². The van der Waals surface area contributed by atoms with Crippen molar-refractivity contribution in [3.05, 3.63) is 194 Å². The minimum Gasteiger partial charge on any atom is -0.456 e. The van der Waals surface area contributed by atoms with Gasteiger partial charge in [-0.2, -0.15) is 0 Å². The second-order valence-electron chi connectivity index (χ2n) is 14.5. The van der Waals surface area contributed by atoms with Gasteiger partial charge in [0.2, 0.25) is 0 Å². The maximum Gasteiger partial charge on any atom is 0.137 e. The number of furan rings is 1. The zero-order chi connectivity index (χ0) is 37.5. The number of para-hydroxylation sites is 3. The third-order valence-electron chi connectivity index (χ3n) is 11.2. The largest absolute Gasteiger partial charge is 0.456 e. The summed E-state index contributed by atoms with van der Waals surface area (Å²) in [6.07, 6.45) is 0. The highest BCUT2D eigenvalue weighted by Crippen LogP contribution is 2.52. The molecule has 0 aliphatic rings. The summed E-state index contributed by atoms with van der Waals surface area (Å²) in [7, 11) is 0. The van der Waals surface area contributed by atoms with Gasteiger partial charge >= 0.3 is 0 Å². The summed E-state index contributed by atoms with van der Waals surface area (Å²) in [4.78, 5) is 4.89. The number of anilines is 6. The van der Waals surface area contributed by atoms with Crippen molar-refractivity contribution in [3.63, 3.8) is 0 Å². The van der Waals surface area contributed by atoms with Crippen LogP contribution in [0, 0.1) is 0 Å². The van der Waals surface area contributed by atoms with Crippen LogP contribution in [0.25, 0.3) is 73.1 Å². The maximum atomic E-state index is 6.52. The van der Waals surface area contributed by atoms with E-state index in [2.05, 4.69) is 198 Å². The molecule has 268 valence electrons. The lowest BCUT2D eigenvalue weighted by Crippen LogP contribution is -2.17. The zero-order valence-corrected chi connectivity index (χ0v) is 32.2. The molecule has 3 aromatic heterocycles. The zero-order valence-electron chi connectivity index (χ0n) is 30.6. The van der Waals surface area contributed by atoms with Crippen molar-refractivity contribution in [3.8, 4) is 0 Å². The van der Waals surface area contributed by atoms with Gasteiger partial charge in [0.25, 0.3) is 0 Å². The molecule has 0 unspecified atom stereocenters. The van der Waals surface area contributed by atoms with Crippen molar-refractivity contribution in [2.45, 2.75) is 0 Å². The molecule has 0 bridgehead atoms. The standard InChI is InChI=1S/C52H32N2OS2/c1-3-16-35(17-4-1)53(37-26-27-49-41(30-37)38-20-10-12-25-48(38)56-49)45-32-51-42(40-28-33-14-7-8-15-34(33)29-50(40)57-51)31-44(45)54(36-18-5-2-6-19-36)43-22-13-24-47-52(43)39-21-9-11-23-46(39)55-47/h1-32H. The van der Waals surface area contributed by atoms with Gasteiger partial charge in [0, 0.05) is 62.8 Å². The van der Waals surface area contributed by atoms with Gasteiger partial charge in [-0.15, -0.1) is 22.7 Å². The van der Waals surface area contributed by atoms with Gasteiger partial charge in [-0.1, -0.05) is 103 Å². The van der Waals surface area contributed by atoms with E-state index in [0.717, 1.165) is 56.1 Å². The van der Waals surface area contributed by atoms with Crippen LogP contribution < -0.4 is 9.80 Å². The lowest BCUT2D eigenvalue weighted by atomic mass is 10.0. The van der Waals surface area contributed by atoms with Gasteiger partial charge in [-0.05, 0) is 102 Å². The van der Waals surface area contributed by atoms with Gasteiger partial charge in [0.05, 0.1) is 22.4 Å². The Balaban J connectivity index is 1.22. The highest BCUT2D eigenvalue weighted by Gasteiger charge is 2.27. The van der Waals surface area contributed by atoms with E-state index in [-0.39, 0.29) is 0 Å². The van der Waals surface area contributed by atoms with Gasteiger partial charge in [0.1, 0.15) is 11.2 Å². The molecule has 0 saturated carbocycles. The first kappa shape index (κ1) is 32.3. The maximum absolute atomic E-state index is 6.52. The number of benzene rings is 9. The molecule has 57 heavy (non-hydrogen) atoms. The van der Waals surface area contributed by atoms with Gasteiger partial charge < -0.3 is 14.2 Å². The molecule has 0 radical (unpaired) electrons. The van der Waals surface area contributed by atoms with E-state index in [1.165, 1.54) is 51.1 Å². The van der Waals surface area contributed by atoms with E-state index < -0.39 is 0 Å². The van der Waals surface area contributed by atoms with Crippen LogP contribution in [-0.4, -0.2) is 0 Å². The molecule has 12 aromatic rings. The summed E-state index contributed by atoms with van der Waals surface area (Å²) in [6, 6.07) is 70.4. The number of hydrogen-bond donors (Lipinski definition) is 0. The van der Waals surface area contributed by atoms with Crippen LogP contribution in [0.5, 0.6) is 0 Å². The molecule has 0 N–H and O–H groups in total. The summed E-state index contributed by atoms with van der Waals surface area (Å²) in [5, 5.41) is 9.71. The molecule has 0 amide bonds. The lowest BCUT2D eigenvalue weighted by Gasteiger charge is -2.33. The Labute approximate surface area is 336 Å². The van der Waals surface area contributed by atoms with E-state index in [1.54, 1.807) is 0 Å². The first-order valence-electron chi connectivity index (χ1n) is 19.2. The minimum atomic E-state index is 0.861. The van der Waals surface area contributed by atoms with Gasteiger partial charge in [-0.25, -0.2) is 0 Å². The Bertz CT molecular complexity index is 3490. The molecular formula is C52H32N2OS2. The van der Waals surface area contributed by atoms with Crippen molar-refractivity contribution < 1.29 is 4.42 Å². The SMILES string of the molecule is c1ccc(N(c2ccc3sc4ccccc4c3c2)c2cc3sc4cc5ccccc5cc4c3cc2N(c2ccccc2)c2cccc3oc4ccccc4c23)cc1. The fourth-order valence-corrected chi connectivity index (χ4v) is 10.9. The van der Waals surface area contributed by atoms with Crippen LogP contribution >= 0.6 is 22.7 Å². The number of thiophene rings is 2. The Morgan fingerprint density at radius 2 is 0.895 bits per heavy atom. The summed E-state index contributed by atoms with van der Waals surface area (Å²) in [5.74, 6) is 0. The molecule has 9 aromatic carbocycles. The highest BCUT2D eigenvalue weighted by atomic mass is 32.1. The Kier molecular flexibility index (Phi) is 7.27. The second-order valence-corrected chi connectivity index (χ2v) is 16.7. The molecule has 12 rings (SSSR count). The topological polar surface area (TPSA) is 19.6 Å². The fourth-order valence-electron chi connectivity index (χ4n) is 8.63. The molecule has 0 aliphatic carbocycles. The molecule has 3 nitrogen and oxygen atoms in total. The predicted molar refractivity (Wildman–Crippen MR) is 246 cm³/mol. The van der Waals surface area contributed by atoms with Gasteiger partial charge in [-0.3, -0.25) is 0 Å². The third kappa shape index (κ3) is 5.17. The molecule has 3 heterocycles. The quantitative estimate of drug-likeness (QED) is 0.168. The molecule has 5 heteroatoms. The second kappa shape index (κ2) is 12.8. The summed E-state index contributed by atoms with van der Waals surface area (Å²) in [5.41, 5.74) is 8.19. The Hall–Kier alpha value is -6.92. The number of hydrogen-bond acceptors (Lipinski definition) is 5. The average Bonchev–Trinajstić information content (AvgIpc) is 3.95. The van der Waals surface area contributed by atoms with Crippen LogP contribution in [0.1, 0.15) is 0 Å². The first-order chi connectivity index (χ1) is 28.2. The van der Waals surface area contributed by atoms with Crippen LogP contribution in [-0.2, 0) is 0 Å². The van der Waals surface area contributed by atoms with Crippen LogP contribution in [0.15, 0.2) is 199 Å². The molecule has 0 spiro atoms. The van der Waals surface area contributed by atoms with Crippen molar-refractivity contribution in [1.29, 1.82) is 0 Å². The van der Waals surface area contributed by atoms with E-state index >= 15 is 0 Å². The Morgan fingerprint density at radius 3 is 1.72 bits per heavy atom. The number of fused-ring (bicyclic) bond motifs is 10. The molecule has 0 fully saturated rings. The monoisotopic (exact) mass is 764 g/mol. The van der Waals surface area contributed by atoms with E-state index in [4.69, 9.17) is 4.42 Å². The third-order valence-corrected chi connectivity index (χ3v) is 13.5. The van der Waals surface area contributed by atoms with E-state index in [0.29, 0.717) is 0 Å². The summed E-state index contributed by atoms with van der Waals surface area (Å²) < 4.78 is 11.6. The Morgan fingerprint density at radius 1 is 0.316 bits per heavy atom. The lowest BCUT2D eigenvalue weighted by molar-refractivity contribution is 0.669. The summed E-state index contributed by atoms with van der Waals surface area (Å²) in [6.45, 7) is 0. The molecular weight excluding hydrogens is 733 g/mol. The fraction of sp³-hybridized carbons (Fsp3) is 0. The predicted octanol–water partition coefficient (Wildman–Crippen LogP) is 16.4. The normalized spacial score (nSPS) is 11.9. The smallest absolute Gasteiger partial charge is 0.137 e. The van der Waals surface area contributed by atoms with Crippen molar-refractivity contribution in [1.82, 2.24) is 0 Å². The minimum absolute atomic E-state index is 0.861. The average molecular weight is 765 g/mol. The molecule has 0 aliphatic heterocycles.